The van der Waals surface area contributed by atoms with Gasteiger partial charge in [0.25, 0.3) is 0 Å². The number of hydrogen-bond donors (Lipinski definition) is 0. The van der Waals surface area contributed by atoms with Crippen molar-refractivity contribution in [1.82, 2.24) is 4.90 Å². The second kappa shape index (κ2) is 14.2. The van der Waals surface area contributed by atoms with E-state index < -0.39 is 17.6 Å². The normalized spacial score (nSPS) is 13.0. The van der Waals surface area contributed by atoms with Crippen molar-refractivity contribution in [2.75, 3.05) is 76.0 Å². The second-order valence-corrected chi connectivity index (χ2v) is 11.8. The lowest BCUT2D eigenvalue weighted by Crippen LogP contribution is -2.44. The van der Waals surface area contributed by atoms with Crippen LogP contribution in [0.25, 0.3) is 0 Å². The van der Waals surface area contributed by atoms with Crippen LogP contribution in [0.2, 0.25) is 12.1 Å². The zero-order valence-electron chi connectivity index (χ0n) is 17.0. The number of ether oxygens (including phenoxy) is 1. The molecule has 25 heavy (non-hydrogen) atoms. The average molecular weight is 400 g/mol. The molecule has 0 fully saturated rings. The maximum atomic E-state index is 5.48. The minimum atomic E-state index is -2.51. The Morgan fingerprint density at radius 2 is 0.920 bits per heavy atom. The summed E-state index contributed by atoms with van der Waals surface area (Å²) in [6, 6.07) is 1.57. The molecule has 0 rings (SSSR count). The molecule has 0 aliphatic heterocycles. The minimum absolute atomic E-state index is 0.697. The molecule has 0 spiro atoms. The molecule has 0 aromatic carbocycles. The molecule has 152 valence electrons. The average Bonchev–Trinajstić information content (AvgIpc) is 2.67. The number of hydrogen-bond acceptors (Lipinski definition) is 8. The summed E-state index contributed by atoms with van der Waals surface area (Å²) in [4.78, 5) is 2.36. The van der Waals surface area contributed by atoms with Crippen LogP contribution in [0.4, 0.5) is 0 Å². The van der Waals surface area contributed by atoms with Crippen LogP contribution in [-0.2, 0) is 31.3 Å². The van der Waals surface area contributed by atoms with Crippen LogP contribution >= 0.6 is 0 Å². The van der Waals surface area contributed by atoms with Gasteiger partial charge in [0, 0.05) is 68.4 Å². The Balaban J connectivity index is 4.45. The third kappa shape index (κ3) is 9.04. The van der Waals surface area contributed by atoms with Gasteiger partial charge in [-0.05, 0) is 25.9 Å². The highest BCUT2D eigenvalue weighted by Crippen LogP contribution is 2.17. The fourth-order valence-electron chi connectivity index (χ4n) is 2.71. The van der Waals surface area contributed by atoms with Gasteiger partial charge in [-0.15, -0.1) is 0 Å². The van der Waals surface area contributed by atoms with Crippen LogP contribution in [0.3, 0.4) is 0 Å². The van der Waals surface area contributed by atoms with E-state index in [0.29, 0.717) is 6.61 Å². The van der Waals surface area contributed by atoms with Crippen LogP contribution in [-0.4, -0.2) is 98.5 Å². The molecule has 0 bridgehead atoms. The van der Waals surface area contributed by atoms with E-state index in [1.807, 2.05) is 0 Å². The first-order chi connectivity index (χ1) is 12.0. The molecule has 0 aliphatic carbocycles. The zero-order valence-corrected chi connectivity index (χ0v) is 19.0. The fraction of sp³-hybridized carbons (Fsp3) is 1.00. The highest BCUT2D eigenvalue weighted by molar-refractivity contribution is 6.60. The molecule has 0 saturated carbocycles. The molecule has 10 heteroatoms. The molecule has 0 unspecified atom stereocenters. The molecule has 0 aliphatic rings. The molecule has 0 aromatic heterocycles. The molecular weight excluding hydrogens is 362 g/mol. The Kier molecular flexibility index (Phi) is 14.3. The SMILES string of the molecule is COCCN(CCC[Si](OC)(OC)OC)CCC[Si](OC)(OC)OC. The lowest BCUT2D eigenvalue weighted by molar-refractivity contribution is 0.115. The van der Waals surface area contributed by atoms with E-state index in [4.69, 9.17) is 31.3 Å². The van der Waals surface area contributed by atoms with E-state index in [0.717, 1.165) is 44.6 Å². The van der Waals surface area contributed by atoms with Gasteiger partial charge in [0.1, 0.15) is 0 Å². The lowest BCUT2D eigenvalue weighted by atomic mass is 10.3. The smallest absolute Gasteiger partial charge is 0.383 e. The molecule has 0 amide bonds. The second-order valence-electron chi connectivity index (χ2n) is 5.63. The zero-order chi connectivity index (χ0) is 19.2. The largest absolute Gasteiger partial charge is 0.500 e. The van der Waals surface area contributed by atoms with Gasteiger partial charge in [0.2, 0.25) is 0 Å². The van der Waals surface area contributed by atoms with Crippen molar-refractivity contribution in [1.29, 1.82) is 0 Å². The van der Waals surface area contributed by atoms with E-state index in [-0.39, 0.29) is 0 Å². The van der Waals surface area contributed by atoms with Crippen LogP contribution in [0.5, 0.6) is 0 Å². The Morgan fingerprint density at radius 3 is 1.20 bits per heavy atom. The summed E-state index contributed by atoms with van der Waals surface area (Å²) in [5.74, 6) is 0. The summed E-state index contributed by atoms with van der Waals surface area (Å²) >= 11 is 0. The first kappa shape index (κ1) is 25.1. The van der Waals surface area contributed by atoms with E-state index in [2.05, 4.69) is 4.90 Å². The summed E-state index contributed by atoms with van der Waals surface area (Å²) in [6.07, 6.45) is 1.87. The summed E-state index contributed by atoms with van der Waals surface area (Å²) in [5, 5.41) is 0. The summed E-state index contributed by atoms with van der Waals surface area (Å²) in [5.41, 5.74) is 0. The lowest BCUT2D eigenvalue weighted by Gasteiger charge is -2.28. The highest BCUT2D eigenvalue weighted by Gasteiger charge is 2.38. The molecule has 0 saturated heterocycles. The van der Waals surface area contributed by atoms with Crippen LogP contribution in [0.1, 0.15) is 12.8 Å². The quantitative estimate of drug-likeness (QED) is 0.341. The van der Waals surface area contributed by atoms with Gasteiger partial charge in [-0.25, -0.2) is 0 Å². The third-order valence-electron chi connectivity index (χ3n) is 4.39. The van der Waals surface area contributed by atoms with E-state index in [1.54, 1.807) is 49.8 Å². The Labute approximate surface area is 155 Å². The Morgan fingerprint density at radius 1 is 0.560 bits per heavy atom. The van der Waals surface area contributed by atoms with E-state index >= 15 is 0 Å². The molecular formula is C15H37NO7Si2. The van der Waals surface area contributed by atoms with Crippen molar-refractivity contribution in [3.05, 3.63) is 0 Å². The number of nitrogens with zero attached hydrogens (tertiary/aromatic N) is 1. The van der Waals surface area contributed by atoms with Crippen molar-refractivity contribution in [2.24, 2.45) is 0 Å². The standard InChI is InChI=1S/C15H37NO7Si2/c1-17-13-12-16(10-8-14-24(18-2,19-3)20-4)11-9-15-25(21-5,22-6)23-7/h8-15H2,1-7H3. The Hall–Kier alpha value is 0.114. The first-order valence-electron chi connectivity index (χ1n) is 8.53. The predicted octanol–water partition coefficient (Wildman–Crippen LogP) is 1.47. The van der Waals surface area contributed by atoms with Gasteiger partial charge in [-0.2, -0.15) is 0 Å². The summed E-state index contributed by atoms with van der Waals surface area (Å²) < 4.78 is 38.1. The van der Waals surface area contributed by atoms with Gasteiger partial charge in [-0.3, -0.25) is 0 Å². The maximum absolute atomic E-state index is 5.48. The van der Waals surface area contributed by atoms with Gasteiger partial charge in [0.15, 0.2) is 0 Å². The van der Waals surface area contributed by atoms with Crippen molar-refractivity contribution in [3.8, 4) is 0 Å². The predicted molar refractivity (Wildman–Crippen MR) is 101 cm³/mol. The van der Waals surface area contributed by atoms with E-state index in [1.165, 1.54) is 0 Å². The molecule has 0 atom stereocenters. The van der Waals surface area contributed by atoms with Crippen molar-refractivity contribution in [3.63, 3.8) is 0 Å². The highest BCUT2D eigenvalue weighted by atomic mass is 28.4. The third-order valence-corrected chi connectivity index (χ3v) is 10.1. The minimum Gasteiger partial charge on any atom is -0.383 e. The summed E-state index contributed by atoms with van der Waals surface area (Å²) in [6.45, 7) is 3.42. The van der Waals surface area contributed by atoms with Crippen LogP contribution < -0.4 is 0 Å². The van der Waals surface area contributed by atoms with Crippen molar-refractivity contribution >= 4 is 17.6 Å². The maximum Gasteiger partial charge on any atom is 0.500 e. The Bertz CT molecular complexity index is 276. The number of methoxy groups -OCH3 is 1. The first-order valence-corrected chi connectivity index (χ1v) is 12.4. The molecule has 0 heterocycles. The molecule has 0 radical (unpaired) electrons. The van der Waals surface area contributed by atoms with E-state index in [9.17, 15) is 0 Å². The number of rotatable bonds is 17. The fourth-order valence-corrected chi connectivity index (χ4v) is 6.11. The summed E-state index contributed by atoms with van der Waals surface area (Å²) in [7, 11) is 6.58. The molecule has 0 N–H and O–H groups in total. The van der Waals surface area contributed by atoms with Crippen molar-refractivity contribution < 1.29 is 31.3 Å². The van der Waals surface area contributed by atoms with Gasteiger partial charge in [0.05, 0.1) is 6.61 Å². The van der Waals surface area contributed by atoms with Crippen molar-refractivity contribution in [2.45, 2.75) is 24.9 Å². The molecule has 0 aromatic rings. The monoisotopic (exact) mass is 399 g/mol. The topological polar surface area (TPSA) is 67.9 Å². The van der Waals surface area contributed by atoms with Crippen LogP contribution in [0.15, 0.2) is 0 Å². The van der Waals surface area contributed by atoms with Gasteiger partial charge < -0.3 is 36.2 Å². The molecule has 8 nitrogen and oxygen atoms in total. The van der Waals surface area contributed by atoms with Gasteiger partial charge >= 0.3 is 17.6 Å². The van der Waals surface area contributed by atoms with Crippen LogP contribution in [0, 0.1) is 0 Å². The van der Waals surface area contributed by atoms with Gasteiger partial charge in [-0.1, -0.05) is 0 Å².